The molecule has 0 radical (unpaired) electrons. The average molecular weight is 608 g/mol. The second-order valence-corrected chi connectivity index (χ2v) is 44.8. The predicted molar refractivity (Wildman–Crippen MR) is 133 cm³/mol. The summed E-state index contributed by atoms with van der Waals surface area (Å²) in [6.07, 6.45) is 2.65. The normalized spacial score (nSPS) is 21.6. The zero-order chi connectivity index (χ0) is 22.4. The van der Waals surface area contributed by atoms with Gasteiger partial charge in [-0.05, 0) is 0 Å². The average Bonchev–Trinajstić information content (AvgIpc) is 2.42. The van der Waals surface area contributed by atoms with E-state index in [-0.39, 0.29) is 0 Å². The molecule has 28 heavy (non-hydrogen) atoms. The van der Waals surface area contributed by atoms with Crippen LogP contribution in [0.5, 0.6) is 0 Å². The molecule has 1 heterocycles. The van der Waals surface area contributed by atoms with E-state index >= 15 is 0 Å². The molecule has 0 aromatic carbocycles. The van der Waals surface area contributed by atoms with Crippen LogP contribution < -0.4 is 0 Å². The van der Waals surface area contributed by atoms with Gasteiger partial charge in [-0.3, -0.25) is 0 Å². The first-order valence-corrected chi connectivity index (χ1v) is 25.2. The standard InChI is InChI=1S/2C8H17N.4C2H5.2Sn/c2*1-7(2,3)6-8(4,5)9;4*1-2;;/h2*6H2,1-5H3;4*1H2,2H3;;. The molecule has 0 N–H and O–H groups in total. The van der Waals surface area contributed by atoms with Gasteiger partial charge in [-0.2, -0.15) is 0 Å². The summed E-state index contributed by atoms with van der Waals surface area (Å²) in [7, 11) is 0. The molecular weight excluding hydrogens is 554 g/mol. The van der Waals surface area contributed by atoms with Gasteiger partial charge in [0.2, 0.25) is 0 Å². The van der Waals surface area contributed by atoms with Gasteiger partial charge >= 0.3 is 190 Å². The topological polar surface area (TPSA) is 6.48 Å². The van der Waals surface area contributed by atoms with Crippen LogP contribution in [0.25, 0.3) is 0 Å². The van der Waals surface area contributed by atoms with E-state index in [0.717, 1.165) is 0 Å². The molecule has 0 spiro atoms. The van der Waals surface area contributed by atoms with Crippen molar-refractivity contribution in [3.8, 4) is 0 Å². The summed E-state index contributed by atoms with van der Waals surface area (Å²) < 4.78 is 12.6. The summed E-state index contributed by atoms with van der Waals surface area (Å²) in [6, 6.07) is 0. The van der Waals surface area contributed by atoms with E-state index in [1.54, 1.807) is 0 Å². The summed E-state index contributed by atoms with van der Waals surface area (Å²) >= 11 is -5.20. The van der Waals surface area contributed by atoms with Gasteiger partial charge < -0.3 is 0 Å². The number of nitrogens with zero attached hydrogens (tertiary/aromatic N) is 2. The van der Waals surface area contributed by atoms with Crippen LogP contribution in [0.2, 0.25) is 17.7 Å². The zero-order valence-electron chi connectivity index (χ0n) is 22.1. The molecule has 1 rings (SSSR count). The molecule has 0 aromatic rings. The van der Waals surface area contributed by atoms with Crippen LogP contribution in [-0.2, 0) is 0 Å². The first kappa shape index (κ1) is 27.6. The van der Waals surface area contributed by atoms with Crippen LogP contribution in [-0.4, -0.2) is 51.6 Å². The van der Waals surface area contributed by atoms with Crippen molar-refractivity contribution in [1.29, 1.82) is 0 Å². The summed E-state index contributed by atoms with van der Waals surface area (Å²) in [5.41, 5.74) is 1.50. The Kier molecular flexibility index (Phi) is 8.67. The van der Waals surface area contributed by atoms with Crippen molar-refractivity contribution in [2.45, 2.75) is 139 Å². The van der Waals surface area contributed by atoms with Crippen LogP contribution in [0.3, 0.4) is 0 Å². The number of hydrogen-bond acceptors (Lipinski definition) is 2. The molecule has 0 unspecified atom stereocenters. The molecule has 0 saturated carbocycles. The number of hydrogen-bond donors (Lipinski definition) is 0. The van der Waals surface area contributed by atoms with Crippen molar-refractivity contribution >= 4 is 37.8 Å². The van der Waals surface area contributed by atoms with E-state index in [9.17, 15) is 0 Å². The molecule has 0 amide bonds. The molecule has 2 nitrogen and oxygen atoms in total. The molecule has 0 aromatic heterocycles. The number of rotatable bonds is 8. The third kappa shape index (κ3) is 5.11. The predicted octanol–water partition coefficient (Wildman–Crippen LogP) is 8.00. The van der Waals surface area contributed by atoms with E-state index in [2.05, 4.69) is 99.6 Å². The molecular formula is C24H54N2Sn2. The molecule has 0 atom stereocenters. The third-order valence-electron chi connectivity index (χ3n) is 7.07. The van der Waals surface area contributed by atoms with E-state index in [0.29, 0.717) is 21.9 Å². The van der Waals surface area contributed by atoms with Crippen molar-refractivity contribution in [3.05, 3.63) is 0 Å². The minimum atomic E-state index is -2.60. The molecule has 1 aliphatic heterocycles. The van der Waals surface area contributed by atoms with E-state index in [1.807, 2.05) is 0 Å². The van der Waals surface area contributed by atoms with Gasteiger partial charge in [0.25, 0.3) is 0 Å². The van der Waals surface area contributed by atoms with Crippen LogP contribution in [0.1, 0.15) is 110 Å². The van der Waals surface area contributed by atoms with Gasteiger partial charge in [0.05, 0.1) is 0 Å². The fourth-order valence-electron chi connectivity index (χ4n) is 7.70. The van der Waals surface area contributed by atoms with Gasteiger partial charge in [0, 0.05) is 0 Å². The monoisotopic (exact) mass is 610 g/mol. The van der Waals surface area contributed by atoms with Gasteiger partial charge in [0.15, 0.2) is 0 Å². The first-order valence-electron chi connectivity index (χ1n) is 12.0. The van der Waals surface area contributed by atoms with Crippen LogP contribution in [0.4, 0.5) is 0 Å². The van der Waals surface area contributed by atoms with Crippen molar-refractivity contribution in [3.63, 3.8) is 0 Å². The minimum absolute atomic E-state index is 0.358. The fourth-order valence-corrected chi connectivity index (χ4v) is 94.8. The van der Waals surface area contributed by atoms with Gasteiger partial charge in [-0.15, -0.1) is 0 Å². The van der Waals surface area contributed by atoms with E-state index in [1.165, 1.54) is 30.6 Å². The van der Waals surface area contributed by atoms with Crippen molar-refractivity contribution in [2.24, 2.45) is 10.8 Å². The summed E-state index contributed by atoms with van der Waals surface area (Å²) in [4.78, 5) is 0. The Morgan fingerprint density at radius 2 is 0.679 bits per heavy atom. The molecule has 1 aliphatic rings. The van der Waals surface area contributed by atoms with E-state index in [4.69, 9.17) is 0 Å². The van der Waals surface area contributed by atoms with E-state index < -0.39 is 37.8 Å². The van der Waals surface area contributed by atoms with Crippen LogP contribution in [0.15, 0.2) is 0 Å². The Morgan fingerprint density at radius 3 is 0.821 bits per heavy atom. The Hall–Kier alpha value is 1.52. The SMILES string of the molecule is C[CH2][Sn]1([CH2]C)[N](C(C)(C)CC(C)(C)C)[Sn]([CH2]C)([CH2]C)[N]1C(C)(C)CC(C)(C)C. The van der Waals surface area contributed by atoms with Gasteiger partial charge in [-0.1, -0.05) is 0 Å². The maximum atomic E-state index is 3.39. The van der Waals surface area contributed by atoms with Crippen molar-refractivity contribution in [1.82, 2.24) is 2.69 Å². The molecule has 168 valence electrons. The summed E-state index contributed by atoms with van der Waals surface area (Å²) in [6.45, 7) is 35.3. The quantitative estimate of drug-likeness (QED) is 0.258. The summed E-state index contributed by atoms with van der Waals surface area (Å²) in [5, 5.41) is 0. The summed E-state index contributed by atoms with van der Waals surface area (Å²) in [5.74, 6) is 0. The Morgan fingerprint density at radius 1 is 0.464 bits per heavy atom. The third-order valence-corrected chi connectivity index (χ3v) is 68.3. The van der Waals surface area contributed by atoms with Crippen molar-refractivity contribution < 1.29 is 0 Å². The molecule has 4 heteroatoms. The molecule has 1 saturated heterocycles. The van der Waals surface area contributed by atoms with Crippen LogP contribution in [0, 0.1) is 10.8 Å². The van der Waals surface area contributed by atoms with Gasteiger partial charge in [0.1, 0.15) is 0 Å². The Bertz CT molecular complexity index is 458. The molecule has 0 aliphatic carbocycles. The first-order chi connectivity index (χ1) is 12.4. The fraction of sp³-hybridized carbons (Fsp3) is 1.00. The van der Waals surface area contributed by atoms with Crippen LogP contribution >= 0.6 is 0 Å². The van der Waals surface area contributed by atoms with Gasteiger partial charge in [-0.25, -0.2) is 0 Å². The maximum absolute atomic E-state index is 3.39. The second-order valence-electron chi connectivity index (χ2n) is 13.1. The zero-order valence-corrected chi connectivity index (χ0v) is 27.8. The Balaban J connectivity index is 3.62. The molecule has 0 bridgehead atoms. The Labute approximate surface area is 188 Å². The molecule has 1 fully saturated rings. The van der Waals surface area contributed by atoms with Crippen molar-refractivity contribution in [2.75, 3.05) is 0 Å². The second kappa shape index (κ2) is 8.81.